The predicted octanol–water partition coefficient (Wildman–Crippen LogP) is 0.198. The molecule has 0 bridgehead atoms. The largest absolute Gasteiger partial charge is 0.362 e. The molecule has 0 aliphatic rings. The number of hydrogen-bond acceptors (Lipinski definition) is 5. The monoisotopic (exact) mass is 214 g/mol. The molecule has 0 unspecified atom stereocenters. The van der Waals surface area contributed by atoms with Crippen LogP contribution in [0.4, 0.5) is 5.69 Å². The van der Waals surface area contributed by atoms with Crippen molar-refractivity contribution in [2.75, 3.05) is 4.72 Å². The molecule has 2 rings (SSSR count). The lowest BCUT2D eigenvalue weighted by Gasteiger charge is -2.00. The molecule has 7 nitrogen and oxygen atoms in total. The van der Waals surface area contributed by atoms with Gasteiger partial charge in [-0.2, -0.15) is 8.42 Å². The minimum atomic E-state index is -3.61. The summed E-state index contributed by atoms with van der Waals surface area (Å²) in [5.41, 5.74) is 0.264. The highest BCUT2D eigenvalue weighted by Crippen LogP contribution is 2.11. The molecule has 2 aromatic heterocycles. The summed E-state index contributed by atoms with van der Waals surface area (Å²) >= 11 is 0. The Bertz CT molecular complexity index is 487. The first kappa shape index (κ1) is 8.75. The van der Waals surface area contributed by atoms with Gasteiger partial charge in [0.1, 0.15) is 12.0 Å². The summed E-state index contributed by atoms with van der Waals surface area (Å²) in [6.45, 7) is 0. The number of aromatic amines is 1. The number of rotatable bonds is 3. The van der Waals surface area contributed by atoms with Crippen LogP contribution in [-0.2, 0) is 10.0 Å². The second kappa shape index (κ2) is 3.14. The van der Waals surface area contributed by atoms with Gasteiger partial charge in [-0.05, 0) is 0 Å². The van der Waals surface area contributed by atoms with Crippen LogP contribution in [0.15, 0.2) is 34.5 Å². The van der Waals surface area contributed by atoms with Crippen LogP contribution < -0.4 is 4.72 Å². The zero-order valence-corrected chi connectivity index (χ0v) is 7.65. The Kier molecular flexibility index (Phi) is 1.97. The minimum absolute atomic E-state index is 0.0151. The summed E-state index contributed by atoms with van der Waals surface area (Å²) in [4.78, 5) is 6.08. The molecule has 74 valence electrons. The van der Waals surface area contributed by atoms with Gasteiger partial charge in [0, 0.05) is 0 Å². The van der Waals surface area contributed by atoms with E-state index in [1.165, 1.54) is 25.0 Å². The van der Waals surface area contributed by atoms with Crippen LogP contribution in [0, 0.1) is 0 Å². The summed E-state index contributed by atoms with van der Waals surface area (Å²) < 4.78 is 29.7. The molecule has 0 radical (unpaired) electrons. The van der Waals surface area contributed by atoms with Gasteiger partial charge in [-0.15, -0.1) is 0 Å². The number of sulfonamides is 1. The van der Waals surface area contributed by atoms with Gasteiger partial charge < -0.3 is 9.51 Å². The van der Waals surface area contributed by atoms with E-state index in [2.05, 4.69) is 24.4 Å². The standard InChI is InChI=1S/C6H6N4O3S/c11-14(12,6-2-7-4-8-6)10-5-1-9-13-3-5/h1-4,10H,(H,7,8). The molecule has 14 heavy (non-hydrogen) atoms. The van der Waals surface area contributed by atoms with E-state index in [1.54, 1.807) is 0 Å². The van der Waals surface area contributed by atoms with Gasteiger partial charge in [-0.3, -0.25) is 4.72 Å². The molecule has 0 saturated heterocycles. The Labute approximate surface area is 79.2 Å². The fourth-order valence-electron chi connectivity index (χ4n) is 0.855. The van der Waals surface area contributed by atoms with Crippen molar-refractivity contribution < 1.29 is 12.9 Å². The fourth-order valence-corrected chi connectivity index (χ4v) is 1.78. The average Bonchev–Trinajstić information content (AvgIpc) is 2.71. The van der Waals surface area contributed by atoms with Crippen molar-refractivity contribution in [3.63, 3.8) is 0 Å². The fraction of sp³-hybridized carbons (Fsp3) is 0. The zero-order valence-electron chi connectivity index (χ0n) is 6.84. The van der Waals surface area contributed by atoms with Crippen molar-refractivity contribution in [1.29, 1.82) is 0 Å². The highest BCUT2D eigenvalue weighted by atomic mass is 32.2. The average molecular weight is 214 g/mol. The SMILES string of the molecule is O=S(=O)(Nc1cnoc1)c1cnc[nH]1. The molecule has 2 aromatic rings. The topological polar surface area (TPSA) is 101 Å². The Balaban J connectivity index is 2.27. The van der Waals surface area contributed by atoms with Crippen LogP contribution >= 0.6 is 0 Å². The summed E-state index contributed by atoms with van der Waals surface area (Å²) in [6, 6.07) is 0. The molecule has 0 atom stereocenters. The number of nitrogens with zero attached hydrogens (tertiary/aromatic N) is 2. The van der Waals surface area contributed by atoms with Crippen molar-refractivity contribution in [3.8, 4) is 0 Å². The van der Waals surface area contributed by atoms with Gasteiger partial charge in [0.15, 0.2) is 5.03 Å². The Morgan fingerprint density at radius 1 is 1.43 bits per heavy atom. The van der Waals surface area contributed by atoms with E-state index in [9.17, 15) is 8.42 Å². The molecule has 8 heteroatoms. The number of aromatic nitrogens is 3. The maximum atomic E-state index is 11.5. The molecule has 0 aliphatic carbocycles. The first-order chi connectivity index (χ1) is 6.68. The second-order valence-electron chi connectivity index (χ2n) is 2.43. The van der Waals surface area contributed by atoms with E-state index < -0.39 is 10.0 Å². The Morgan fingerprint density at radius 2 is 2.29 bits per heavy atom. The third kappa shape index (κ3) is 1.59. The van der Waals surface area contributed by atoms with Gasteiger partial charge in [0.2, 0.25) is 0 Å². The van der Waals surface area contributed by atoms with Gasteiger partial charge in [0.05, 0.1) is 18.7 Å². The van der Waals surface area contributed by atoms with Crippen molar-refractivity contribution in [1.82, 2.24) is 15.1 Å². The second-order valence-corrected chi connectivity index (χ2v) is 4.09. The van der Waals surface area contributed by atoms with Crippen LogP contribution in [-0.4, -0.2) is 23.5 Å². The lowest BCUT2D eigenvalue weighted by molar-refractivity contribution is 0.420. The molecule has 0 saturated carbocycles. The molecule has 2 heterocycles. The molecule has 0 fully saturated rings. The number of anilines is 1. The Morgan fingerprint density at radius 3 is 2.86 bits per heavy atom. The van der Waals surface area contributed by atoms with Crippen LogP contribution in [0.1, 0.15) is 0 Å². The maximum Gasteiger partial charge on any atom is 0.279 e. The van der Waals surface area contributed by atoms with Gasteiger partial charge in [-0.1, -0.05) is 5.16 Å². The van der Waals surface area contributed by atoms with Crippen LogP contribution in [0.2, 0.25) is 0 Å². The van der Waals surface area contributed by atoms with E-state index in [4.69, 9.17) is 0 Å². The first-order valence-electron chi connectivity index (χ1n) is 3.59. The number of H-pyrrole nitrogens is 1. The highest BCUT2D eigenvalue weighted by molar-refractivity contribution is 7.92. The van der Waals surface area contributed by atoms with E-state index in [0.717, 1.165) is 0 Å². The lowest BCUT2D eigenvalue weighted by Crippen LogP contribution is -2.12. The van der Waals surface area contributed by atoms with Crippen molar-refractivity contribution in [2.45, 2.75) is 5.03 Å². The van der Waals surface area contributed by atoms with Crippen LogP contribution in [0.3, 0.4) is 0 Å². The van der Waals surface area contributed by atoms with Crippen molar-refractivity contribution in [2.24, 2.45) is 0 Å². The molecule has 0 amide bonds. The molecule has 0 aromatic carbocycles. The molecular weight excluding hydrogens is 208 g/mol. The van der Waals surface area contributed by atoms with E-state index in [1.807, 2.05) is 0 Å². The molecule has 0 aliphatic heterocycles. The van der Waals surface area contributed by atoms with E-state index in [-0.39, 0.29) is 10.7 Å². The van der Waals surface area contributed by atoms with Crippen molar-refractivity contribution >= 4 is 15.7 Å². The quantitative estimate of drug-likeness (QED) is 0.759. The minimum Gasteiger partial charge on any atom is -0.362 e. The maximum absolute atomic E-state index is 11.5. The highest BCUT2D eigenvalue weighted by Gasteiger charge is 2.15. The third-order valence-electron chi connectivity index (χ3n) is 1.45. The number of nitrogens with one attached hydrogen (secondary N) is 2. The van der Waals surface area contributed by atoms with Crippen molar-refractivity contribution in [3.05, 3.63) is 25.0 Å². The summed E-state index contributed by atoms with van der Waals surface area (Å²) in [7, 11) is -3.61. The number of hydrogen-bond donors (Lipinski definition) is 2. The van der Waals surface area contributed by atoms with Gasteiger partial charge >= 0.3 is 0 Å². The number of imidazole rings is 1. The smallest absolute Gasteiger partial charge is 0.279 e. The van der Waals surface area contributed by atoms with Gasteiger partial charge in [-0.25, -0.2) is 4.98 Å². The lowest BCUT2D eigenvalue weighted by atomic mass is 10.6. The third-order valence-corrected chi connectivity index (χ3v) is 2.75. The summed E-state index contributed by atoms with van der Waals surface area (Å²) in [6.07, 6.45) is 4.93. The van der Waals surface area contributed by atoms with Crippen LogP contribution in [0.5, 0.6) is 0 Å². The predicted molar refractivity (Wildman–Crippen MR) is 45.9 cm³/mol. The Hall–Kier alpha value is -1.83. The molecule has 0 spiro atoms. The summed E-state index contributed by atoms with van der Waals surface area (Å²) in [5.74, 6) is 0. The van der Waals surface area contributed by atoms with Gasteiger partial charge in [0.25, 0.3) is 10.0 Å². The van der Waals surface area contributed by atoms with Crippen LogP contribution in [0.25, 0.3) is 0 Å². The summed E-state index contributed by atoms with van der Waals surface area (Å²) in [5, 5.41) is 3.34. The van der Waals surface area contributed by atoms with E-state index >= 15 is 0 Å². The molecular formula is C6H6N4O3S. The zero-order chi connectivity index (χ0) is 10.0. The first-order valence-corrected chi connectivity index (χ1v) is 5.07. The normalized spacial score (nSPS) is 11.4. The molecule has 2 N–H and O–H groups in total. The van der Waals surface area contributed by atoms with E-state index in [0.29, 0.717) is 0 Å².